The fourth-order valence-electron chi connectivity index (χ4n) is 2.98. The summed E-state index contributed by atoms with van der Waals surface area (Å²) in [5.74, 6) is -13.4. The zero-order valence-electron chi connectivity index (χ0n) is 22.1. The third kappa shape index (κ3) is 14.0. The van der Waals surface area contributed by atoms with Crippen LogP contribution in [-0.2, 0) is 43.2 Å². The van der Waals surface area contributed by atoms with Crippen LogP contribution in [0.5, 0.6) is 0 Å². The molecule has 0 saturated carbocycles. The van der Waals surface area contributed by atoms with E-state index in [1.807, 2.05) is 21.3 Å². The normalized spacial score (nSPS) is 14.8. The van der Waals surface area contributed by atoms with Crippen molar-refractivity contribution in [1.29, 1.82) is 0 Å². The number of rotatable bonds is 20. The van der Waals surface area contributed by atoms with Crippen LogP contribution in [0.15, 0.2) is 0 Å². The van der Waals surface area contributed by atoms with E-state index in [1.165, 1.54) is 0 Å². The summed E-state index contributed by atoms with van der Waals surface area (Å²) in [6, 6.07) is -11.4. The van der Waals surface area contributed by atoms with Gasteiger partial charge in [-0.05, 0) is 0 Å². The molecule has 0 aliphatic heterocycles. The van der Waals surface area contributed by atoms with Gasteiger partial charge in [-0.25, -0.2) is 4.79 Å². The Hall–Kier alpha value is -4.93. The Morgan fingerprint density at radius 1 is 0.442 bits per heavy atom. The number of aliphatic carboxylic acids is 4. The van der Waals surface area contributed by atoms with Crippen LogP contribution in [0.2, 0.25) is 0 Å². The number of hydrogen-bond acceptors (Lipinski definition) is 13. The third-order valence-electron chi connectivity index (χ3n) is 5.18. The largest absolute Gasteiger partial charge is 0.481 e. The van der Waals surface area contributed by atoms with Crippen molar-refractivity contribution in [1.82, 2.24) is 26.6 Å². The number of carbonyl (C=O) groups excluding carboxylic acids is 5. The molecule has 0 aromatic heterocycles. The lowest BCUT2D eigenvalue weighted by Crippen LogP contribution is -2.61. The van der Waals surface area contributed by atoms with Gasteiger partial charge in [0, 0.05) is 0 Å². The molecule has 43 heavy (non-hydrogen) atoms. The molecule has 0 unspecified atom stereocenters. The average molecular weight is 625 g/mol. The van der Waals surface area contributed by atoms with Gasteiger partial charge in [-0.3, -0.25) is 38.4 Å². The molecule has 22 heteroatoms. The molecule has 14 N–H and O–H groups in total. The highest BCUT2D eigenvalue weighted by Crippen LogP contribution is 2.01. The number of carboxylic acids is 4. The van der Waals surface area contributed by atoms with Gasteiger partial charge in [0.25, 0.3) is 0 Å². The summed E-state index contributed by atoms with van der Waals surface area (Å²) in [7, 11) is 0. The lowest BCUT2D eigenvalue weighted by atomic mass is 10.1. The molecule has 5 amide bonds. The molecular formula is C21H32N6O16. The van der Waals surface area contributed by atoms with Crippen LogP contribution in [-0.4, -0.2) is 145 Å². The highest BCUT2D eigenvalue weighted by atomic mass is 16.4. The number of aliphatic hydroxyl groups excluding tert-OH is 3. The van der Waals surface area contributed by atoms with Gasteiger partial charge < -0.3 is 68.1 Å². The van der Waals surface area contributed by atoms with Crippen LogP contribution in [0.1, 0.15) is 19.3 Å². The van der Waals surface area contributed by atoms with Crippen molar-refractivity contribution >= 4 is 53.4 Å². The maximum atomic E-state index is 12.7. The second-order valence-electron chi connectivity index (χ2n) is 8.59. The monoisotopic (exact) mass is 624 g/mol. The first-order chi connectivity index (χ1) is 20.0. The molecule has 0 aliphatic rings. The fraction of sp³-hybridized carbons (Fsp3) is 0.571. The Morgan fingerprint density at radius 3 is 1.02 bits per heavy atom. The number of carbonyl (C=O) groups is 9. The van der Waals surface area contributed by atoms with Crippen LogP contribution < -0.4 is 32.3 Å². The van der Waals surface area contributed by atoms with Crippen molar-refractivity contribution in [3.05, 3.63) is 0 Å². The van der Waals surface area contributed by atoms with E-state index in [0.717, 1.165) is 0 Å². The van der Waals surface area contributed by atoms with E-state index in [9.17, 15) is 53.4 Å². The Balaban J connectivity index is 5.72. The summed E-state index contributed by atoms with van der Waals surface area (Å²) in [5, 5.41) is 73.1. The molecule has 0 aromatic carbocycles. The van der Waals surface area contributed by atoms with E-state index in [1.54, 1.807) is 5.32 Å². The Kier molecular flexibility index (Phi) is 16.4. The van der Waals surface area contributed by atoms with Gasteiger partial charge in [-0.15, -0.1) is 0 Å². The van der Waals surface area contributed by atoms with E-state index >= 15 is 0 Å². The number of amides is 5. The molecule has 0 aliphatic carbocycles. The molecule has 242 valence electrons. The number of nitrogens with one attached hydrogen (secondary N) is 5. The molecule has 22 nitrogen and oxygen atoms in total. The average Bonchev–Trinajstić information content (AvgIpc) is 2.91. The van der Waals surface area contributed by atoms with Crippen LogP contribution in [0.25, 0.3) is 0 Å². The lowest BCUT2D eigenvalue weighted by molar-refractivity contribution is -0.147. The molecule has 0 aromatic rings. The summed E-state index contributed by atoms with van der Waals surface area (Å²) in [6.45, 7) is -3.27. The molecule has 6 atom stereocenters. The summed E-state index contributed by atoms with van der Waals surface area (Å²) in [5.41, 5.74) is 5.29. The second-order valence-corrected chi connectivity index (χ2v) is 8.59. The Bertz CT molecular complexity index is 1080. The number of nitrogens with two attached hydrogens (primary N) is 1. The first-order valence-electron chi connectivity index (χ1n) is 11.9. The predicted molar refractivity (Wildman–Crippen MR) is 133 cm³/mol. The van der Waals surface area contributed by atoms with Crippen molar-refractivity contribution in [3.8, 4) is 0 Å². The van der Waals surface area contributed by atoms with E-state index < -0.39 is 129 Å². The topological polar surface area (TPSA) is 381 Å². The van der Waals surface area contributed by atoms with Crippen LogP contribution in [0.3, 0.4) is 0 Å². The Labute approximate surface area is 240 Å². The molecule has 0 heterocycles. The smallest absolute Gasteiger partial charge is 0.326 e. The summed E-state index contributed by atoms with van der Waals surface area (Å²) in [4.78, 5) is 106. The second kappa shape index (κ2) is 18.5. The van der Waals surface area contributed by atoms with Crippen molar-refractivity contribution in [3.63, 3.8) is 0 Å². The molecule has 0 spiro atoms. The van der Waals surface area contributed by atoms with E-state index in [0.29, 0.717) is 0 Å². The highest BCUT2D eigenvalue weighted by molar-refractivity contribution is 5.98. The minimum absolute atomic E-state index is 0.872. The van der Waals surface area contributed by atoms with E-state index in [2.05, 4.69) is 0 Å². The van der Waals surface area contributed by atoms with Crippen LogP contribution in [0, 0.1) is 0 Å². The van der Waals surface area contributed by atoms with Gasteiger partial charge in [-0.1, -0.05) is 0 Å². The number of carboxylic acid groups (broad SMARTS) is 4. The lowest BCUT2D eigenvalue weighted by Gasteiger charge is -2.25. The highest BCUT2D eigenvalue weighted by Gasteiger charge is 2.34. The summed E-state index contributed by atoms with van der Waals surface area (Å²) < 4.78 is 0. The van der Waals surface area contributed by atoms with Crippen molar-refractivity contribution in [2.75, 3.05) is 19.8 Å². The van der Waals surface area contributed by atoms with Gasteiger partial charge >= 0.3 is 23.9 Å². The number of hydrogen-bond donors (Lipinski definition) is 13. The first kappa shape index (κ1) is 38.1. The van der Waals surface area contributed by atoms with E-state index in [-0.39, 0.29) is 0 Å². The minimum Gasteiger partial charge on any atom is -0.481 e. The van der Waals surface area contributed by atoms with Gasteiger partial charge in [-0.2, -0.15) is 0 Å². The fourth-order valence-corrected chi connectivity index (χ4v) is 2.98. The summed E-state index contributed by atoms with van der Waals surface area (Å²) in [6.07, 6.45) is -3.29. The van der Waals surface area contributed by atoms with Gasteiger partial charge in [0.15, 0.2) is 0 Å². The quantitative estimate of drug-likeness (QED) is 0.0598. The zero-order valence-corrected chi connectivity index (χ0v) is 22.1. The van der Waals surface area contributed by atoms with Crippen molar-refractivity contribution < 1.29 is 78.9 Å². The van der Waals surface area contributed by atoms with Crippen LogP contribution >= 0.6 is 0 Å². The molecule has 0 radical (unpaired) electrons. The summed E-state index contributed by atoms with van der Waals surface area (Å²) >= 11 is 0. The van der Waals surface area contributed by atoms with Crippen molar-refractivity contribution in [2.24, 2.45) is 5.73 Å². The number of aliphatic hydroxyl groups is 3. The minimum atomic E-state index is -2.05. The maximum Gasteiger partial charge on any atom is 0.326 e. The van der Waals surface area contributed by atoms with Crippen LogP contribution in [0.4, 0.5) is 0 Å². The SMILES string of the molecule is N[C@@H](CO)C(=O)N[C@@H](CC(=O)O)C(=O)N[C@@H](CO)C(=O)N[C@@H](CC(=O)O)C(=O)N[C@@H](CO)C(=O)N[C@@H](CC(=O)O)C(=O)O. The standard InChI is InChI=1S/C21H32N6O16/c22-7(4-28)16(37)23-8(1-13(31)32)17(38)26-11(5-29)19(40)24-9(2-14(33)34)18(39)27-12(6-30)20(41)25-10(21(42)43)3-15(35)36/h7-12,28-30H,1-6,22H2,(H,23,37)(H,24,40)(H,25,41)(H,26,38)(H,27,39)(H,31,32)(H,33,34)(H,35,36)(H,42,43)/t7-,8-,9-,10-,11-,12-/m0/s1. The predicted octanol–water partition coefficient (Wildman–Crippen LogP) is -7.78. The molecule has 0 saturated heterocycles. The van der Waals surface area contributed by atoms with Gasteiger partial charge in [0.05, 0.1) is 39.1 Å². The van der Waals surface area contributed by atoms with Crippen molar-refractivity contribution in [2.45, 2.75) is 55.5 Å². The molecular weight excluding hydrogens is 592 g/mol. The molecule has 0 bridgehead atoms. The zero-order chi connectivity index (χ0) is 33.4. The third-order valence-corrected chi connectivity index (χ3v) is 5.18. The molecule has 0 fully saturated rings. The Morgan fingerprint density at radius 2 is 0.721 bits per heavy atom. The molecule has 0 rings (SSSR count). The van der Waals surface area contributed by atoms with E-state index in [4.69, 9.17) is 31.3 Å². The van der Waals surface area contributed by atoms with Gasteiger partial charge in [0.2, 0.25) is 29.5 Å². The maximum absolute atomic E-state index is 12.7. The first-order valence-corrected chi connectivity index (χ1v) is 11.9. The van der Waals surface area contributed by atoms with Gasteiger partial charge in [0.1, 0.15) is 36.3 Å².